The zero-order chi connectivity index (χ0) is 43.3. The summed E-state index contributed by atoms with van der Waals surface area (Å²) < 4.78 is 313. The Kier molecular flexibility index (Phi) is 21.3. The van der Waals surface area contributed by atoms with E-state index < -0.39 is 78.8 Å². The van der Waals surface area contributed by atoms with Crippen molar-refractivity contribution in [1.29, 1.82) is 0 Å². The van der Waals surface area contributed by atoms with Gasteiger partial charge in [0.05, 0.1) is 0 Å². The molecular weight excluding hydrogens is 810 g/mol. The molecule has 0 aliphatic rings. The minimum Gasteiger partial charge on any atom is -0.402 e. The van der Waals surface area contributed by atoms with E-state index >= 15 is 0 Å². The lowest BCUT2D eigenvalue weighted by molar-refractivity contribution is -0.557. The molecule has 0 fully saturated rings. The highest BCUT2D eigenvalue weighted by atomic mass is 19.4. The standard InChI is InChI=1S/C9H2F14O4.C4H2F6.2C3H3F3.C2H4/c1-2(10)25-7(17,18)5(14,8(19,20)27-9(21,22)23)26-6(15,16)4(12,13)3(11)24;1-2(3(5,6)7)4(8,9)10;2*1-2-3(4,5)6;1-2/h1H2;1H2;2*2H,1H2;1-2H2. The van der Waals surface area contributed by atoms with Gasteiger partial charge in [0.25, 0.3) is 6.01 Å². The molecule has 0 amide bonds. The number of ether oxygens (including phenoxy) is 3. The molecule has 0 rings (SSSR count). The van der Waals surface area contributed by atoms with Gasteiger partial charge < -0.3 is 4.74 Å². The van der Waals surface area contributed by atoms with Gasteiger partial charge in [-0.25, -0.2) is 4.74 Å². The minimum atomic E-state index is -7.42. The van der Waals surface area contributed by atoms with E-state index in [9.17, 15) is 119 Å². The van der Waals surface area contributed by atoms with Gasteiger partial charge in [-0.2, -0.15) is 101 Å². The summed E-state index contributed by atoms with van der Waals surface area (Å²) in [6.07, 6.45) is -47.7. The van der Waals surface area contributed by atoms with Crippen LogP contribution in [0, 0.1) is 0 Å². The Morgan fingerprint density at radius 2 is 0.765 bits per heavy atom. The lowest BCUT2D eigenvalue weighted by Gasteiger charge is -2.38. The van der Waals surface area contributed by atoms with Crippen LogP contribution in [0.1, 0.15) is 0 Å². The summed E-state index contributed by atoms with van der Waals surface area (Å²) in [7, 11) is 0. The molecule has 1 unspecified atom stereocenters. The molecule has 0 radical (unpaired) electrons. The van der Waals surface area contributed by atoms with Gasteiger partial charge in [-0.15, -0.1) is 26.3 Å². The van der Waals surface area contributed by atoms with Gasteiger partial charge in [0, 0.05) is 12.2 Å². The zero-order valence-electron chi connectivity index (χ0n) is 23.4. The second kappa shape index (κ2) is 19.2. The van der Waals surface area contributed by atoms with Crippen LogP contribution >= 0.6 is 0 Å². The van der Waals surface area contributed by atoms with Crippen LogP contribution < -0.4 is 0 Å². The van der Waals surface area contributed by atoms with Crippen molar-refractivity contribution in [1.82, 2.24) is 0 Å². The molecule has 0 aromatic carbocycles. The Bertz CT molecular complexity index is 1090. The van der Waals surface area contributed by atoms with Gasteiger partial charge in [-0.1, -0.05) is 19.7 Å². The molecular formula is C21H14F26O4. The molecule has 0 spiro atoms. The minimum absolute atomic E-state index is 0.0625. The predicted molar refractivity (Wildman–Crippen MR) is 114 cm³/mol. The van der Waals surface area contributed by atoms with Crippen molar-refractivity contribution in [3.63, 3.8) is 0 Å². The van der Waals surface area contributed by atoms with Crippen molar-refractivity contribution in [3.05, 3.63) is 63.2 Å². The number of rotatable bonds is 9. The first-order valence-corrected chi connectivity index (χ1v) is 10.4. The van der Waals surface area contributed by atoms with E-state index in [1.165, 1.54) is 4.74 Å². The van der Waals surface area contributed by atoms with E-state index in [0.29, 0.717) is 0 Å². The van der Waals surface area contributed by atoms with E-state index in [0.717, 1.165) is 0 Å². The Morgan fingerprint density at radius 3 is 0.922 bits per heavy atom. The summed E-state index contributed by atoms with van der Waals surface area (Å²) in [6, 6.07) is -7.47. The lowest BCUT2D eigenvalue weighted by atomic mass is 10.2. The fourth-order valence-electron chi connectivity index (χ4n) is 1.22. The Balaban J connectivity index is -0.000000237. The van der Waals surface area contributed by atoms with Crippen molar-refractivity contribution >= 4 is 6.04 Å². The molecule has 0 aliphatic carbocycles. The number of alkyl halides is 24. The Morgan fingerprint density at radius 1 is 0.490 bits per heavy atom. The van der Waals surface area contributed by atoms with Gasteiger partial charge in [0.15, 0.2) is 0 Å². The van der Waals surface area contributed by atoms with Gasteiger partial charge in [-0.3, -0.25) is 9.53 Å². The highest BCUT2D eigenvalue weighted by Crippen LogP contribution is 2.53. The normalized spacial score (nSPS) is 14.2. The second-order valence-corrected chi connectivity index (χ2v) is 7.07. The van der Waals surface area contributed by atoms with Gasteiger partial charge in [0.2, 0.25) is 0 Å². The smallest absolute Gasteiger partial charge is 0.402 e. The molecule has 0 aromatic rings. The van der Waals surface area contributed by atoms with Gasteiger partial charge in [-0.05, 0) is 6.58 Å². The van der Waals surface area contributed by atoms with E-state index in [4.69, 9.17) is 0 Å². The highest BCUT2D eigenvalue weighted by molar-refractivity contribution is 5.77. The van der Waals surface area contributed by atoms with Crippen LogP contribution in [0.2, 0.25) is 0 Å². The first-order valence-electron chi connectivity index (χ1n) is 10.4. The molecule has 0 bridgehead atoms. The predicted octanol–water partition coefficient (Wildman–Crippen LogP) is 11.5. The molecule has 304 valence electrons. The third-order valence-electron chi connectivity index (χ3n) is 3.26. The molecule has 1 atom stereocenters. The van der Waals surface area contributed by atoms with Gasteiger partial charge >= 0.3 is 67.2 Å². The van der Waals surface area contributed by atoms with Crippen molar-refractivity contribution in [2.45, 2.75) is 61.2 Å². The summed E-state index contributed by atoms with van der Waals surface area (Å²) >= 11 is 0. The van der Waals surface area contributed by atoms with Crippen LogP contribution in [-0.2, 0) is 19.0 Å². The van der Waals surface area contributed by atoms with Crippen LogP contribution in [0.15, 0.2) is 63.2 Å². The molecule has 0 aliphatic heterocycles. The van der Waals surface area contributed by atoms with Crippen LogP contribution in [0.4, 0.5) is 114 Å². The maximum Gasteiger partial charge on any atom is 0.527 e. The maximum atomic E-state index is 13.8. The van der Waals surface area contributed by atoms with E-state index in [2.05, 4.69) is 31.1 Å². The largest absolute Gasteiger partial charge is 0.527 e. The molecule has 0 heterocycles. The first kappa shape index (κ1) is 56.6. The summed E-state index contributed by atoms with van der Waals surface area (Å²) in [4.78, 5) is 9.71. The van der Waals surface area contributed by atoms with E-state index in [1.54, 1.807) is 11.3 Å². The van der Waals surface area contributed by atoms with Crippen LogP contribution in [0.25, 0.3) is 0 Å². The van der Waals surface area contributed by atoms with Crippen molar-refractivity contribution in [3.8, 4) is 0 Å². The Hall–Kier alpha value is -3.73. The zero-order valence-corrected chi connectivity index (χ0v) is 23.4. The molecule has 0 aromatic heterocycles. The molecule has 0 N–H and O–H groups in total. The van der Waals surface area contributed by atoms with Crippen molar-refractivity contribution < 1.29 is 133 Å². The van der Waals surface area contributed by atoms with Crippen LogP contribution in [-0.4, -0.2) is 67.2 Å². The third kappa shape index (κ3) is 22.0. The first-order chi connectivity index (χ1) is 21.8. The van der Waals surface area contributed by atoms with Crippen LogP contribution in [0.3, 0.4) is 0 Å². The lowest BCUT2D eigenvalue weighted by Crippen LogP contribution is -2.66. The summed E-state index contributed by atoms with van der Waals surface area (Å²) in [5, 5.41) is 0. The third-order valence-corrected chi connectivity index (χ3v) is 3.26. The molecule has 4 nitrogen and oxygen atoms in total. The van der Waals surface area contributed by atoms with Crippen molar-refractivity contribution in [2.75, 3.05) is 0 Å². The Labute approximate surface area is 264 Å². The highest BCUT2D eigenvalue weighted by Gasteiger charge is 2.83. The average Bonchev–Trinajstić information content (AvgIpc) is 2.85. The molecule has 0 saturated heterocycles. The number of carbonyl (C=O) groups excluding carboxylic acids is 1. The molecule has 51 heavy (non-hydrogen) atoms. The monoisotopic (exact) mass is 824 g/mol. The fraction of sp³-hybridized carbons (Fsp3) is 0.476. The topological polar surface area (TPSA) is 44.8 Å². The maximum absolute atomic E-state index is 13.8. The fourth-order valence-corrected chi connectivity index (χ4v) is 1.22. The van der Waals surface area contributed by atoms with E-state index in [1.807, 2.05) is 6.58 Å². The second-order valence-electron chi connectivity index (χ2n) is 7.07. The van der Waals surface area contributed by atoms with Gasteiger partial charge in [0.1, 0.15) is 5.57 Å². The number of hydrogen-bond acceptors (Lipinski definition) is 4. The average molecular weight is 824 g/mol. The number of halogens is 26. The van der Waals surface area contributed by atoms with Crippen molar-refractivity contribution in [2.24, 2.45) is 0 Å². The quantitative estimate of drug-likeness (QED) is 0.101. The number of hydrogen-bond donors (Lipinski definition) is 0. The number of allylic oxidation sites excluding steroid dienone is 3. The summed E-state index contributed by atoms with van der Waals surface area (Å²) in [6.45, 7) is 14.6. The molecule has 0 saturated carbocycles. The molecule has 30 heteroatoms. The SMILES string of the molecule is C=C.C=C(C(F)(F)F)C(F)(F)F.C=C(F)OC(F)(F)C(F)(OC(F)(F)C(F)(F)C(=O)F)C(F)(F)OC(F)(F)F.C=CC(F)(F)F.C=CC(F)(F)F. The summed E-state index contributed by atoms with van der Waals surface area (Å²) in [5.74, 6) is -14.4. The number of carbonyl (C=O) groups is 1. The van der Waals surface area contributed by atoms with Crippen LogP contribution in [0.5, 0.6) is 0 Å². The summed E-state index contributed by atoms with van der Waals surface area (Å²) in [5.41, 5.74) is -2.68. The van der Waals surface area contributed by atoms with E-state index in [-0.39, 0.29) is 12.2 Å².